The first-order valence-electron chi connectivity index (χ1n) is 3.14. The molecule has 0 aromatic heterocycles. The van der Waals surface area contributed by atoms with Gasteiger partial charge in [0, 0.05) is 6.07 Å². The Kier molecular flexibility index (Phi) is 2.50. The average molecular weight is 188 g/mol. The summed E-state index contributed by atoms with van der Waals surface area (Å²) in [5.41, 5.74) is 10.4. The van der Waals surface area contributed by atoms with Gasteiger partial charge in [0.1, 0.15) is 5.82 Å². The highest BCUT2D eigenvalue weighted by Crippen LogP contribution is 2.24. The number of hydrogen-bond acceptors (Lipinski definition) is 1. The molecule has 0 aliphatic heterocycles. The van der Waals surface area contributed by atoms with E-state index in [1.54, 1.807) is 0 Å². The third-order valence-corrected chi connectivity index (χ3v) is 1.48. The predicted molar refractivity (Wildman–Crippen MR) is 46.9 cm³/mol. The van der Waals surface area contributed by atoms with Crippen molar-refractivity contribution in [3.8, 4) is 0 Å². The summed E-state index contributed by atoms with van der Waals surface area (Å²) in [6.45, 7) is 0. The molecule has 3 nitrogen and oxygen atoms in total. The van der Waals surface area contributed by atoms with Gasteiger partial charge in [-0.2, -0.15) is 0 Å². The normalized spacial score (nSPS) is 9.50. The van der Waals surface area contributed by atoms with Gasteiger partial charge in [-0.25, -0.2) is 9.38 Å². The predicted octanol–water partition coefficient (Wildman–Crippen LogP) is 1.38. The summed E-state index contributed by atoms with van der Waals surface area (Å²) < 4.78 is 12.6. The molecule has 4 N–H and O–H groups in total. The Bertz CT molecular complexity index is 320. The zero-order valence-electron chi connectivity index (χ0n) is 6.09. The van der Waals surface area contributed by atoms with Crippen molar-refractivity contribution in [3.63, 3.8) is 0 Å². The Morgan fingerprint density at radius 2 is 2.08 bits per heavy atom. The minimum absolute atomic E-state index is 0.150. The van der Waals surface area contributed by atoms with E-state index in [2.05, 4.69) is 4.99 Å². The molecule has 0 saturated heterocycles. The maximum Gasteiger partial charge on any atom is 0.191 e. The average Bonchev–Trinajstić information content (AvgIpc) is 1.96. The van der Waals surface area contributed by atoms with Crippen molar-refractivity contribution in [1.82, 2.24) is 0 Å². The van der Waals surface area contributed by atoms with Crippen molar-refractivity contribution < 1.29 is 4.39 Å². The number of halogens is 2. The molecule has 0 aliphatic carbocycles. The minimum Gasteiger partial charge on any atom is -0.370 e. The van der Waals surface area contributed by atoms with Crippen molar-refractivity contribution in [2.45, 2.75) is 0 Å². The van der Waals surface area contributed by atoms with E-state index in [9.17, 15) is 4.39 Å². The van der Waals surface area contributed by atoms with Crippen LogP contribution in [0, 0.1) is 5.82 Å². The zero-order chi connectivity index (χ0) is 9.14. The second-order valence-corrected chi connectivity index (χ2v) is 2.54. The van der Waals surface area contributed by atoms with Gasteiger partial charge in [0.05, 0.1) is 10.7 Å². The maximum absolute atomic E-state index is 12.6. The fraction of sp³-hybridized carbons (Fsp3) is 0. The molecule has 1 aromatic carbocycles. The SMILES string of the molecule is NC(N)=Nc1cc(F)ccc1Cl. The number of hydrogen-bond donors (Lipinski definition) is 2. The first-order valence-corrected chi connectivity index (χ1v) is 3.52. The van der Waals surface area contributed by atoms with Gasteiger partial charge in [-0.3, -0.25) is 0 Å². The van der Waals surface area contributed by atoms with E-state index in [4.69, 9.17) is 23.1 Å². The van der Waals surface area contributed by atoms with E-state index in [1.807, 2.05) is 0 Å². The van der Waals surface area contributed by atoms with Gasteiger partial charge in [-0.05, 0) is 12.1 Å². The second-order valence-electron chi connectivity index (χ2n) is 2.13. The van der Waals surface area contributed by atoms with E-state index >= 15 is 0 Å². The molecule has 12 heavy (non-hydrogen) atoms. The van der Waals surface area contributed by atoms with Crippen LogP contribution in [0.5, 0.6) is 0 Å². The van der Waals surface area contributed by atoms with Crippen LogP contribution in [-0.4, -0.2) is 5.96 Å². The van der Waals surface area contributed by atoms with Crippen molar-refractivity contribution in [3.05, 3.63) is 29.0 Å². The van der Waals surface area contributed by atoms with Gasteiger partial charge in [0.25, 0.3) is 0 Å². The molecular formula is C7H7ClFN3. The Hall–Kier alpha value is -1.29. The van der Waals surface area contributed by atoms with E-state index < -0.39 is 5.82 Å². The monoisotopic (exact) mass is 187 g/mol. The first kappa shape index (κ1) is 8.80. The van der Waals surface area contributed by atoms with Crippen molar-refractivity contribution in [2.75, 3.05) is 0 Å². The van der Waals surface area contributed by atoms with E-state index in [0.717, 1.165) is 6.07 Å². The Balaban J connectivity index is 3.14. The molecule has 0 fully saturated rings. The van der Waals surface area contributed by atoms with Crippen LogP contribution in [0.15, 0.2) is 23.2 Å². The number of nitrogens with zero attached hydrogens (tertiary/aromatic N) is 1. The fourth-order valence-corrected chi connectivity index (χ4v) is 0.870. The number of rotatable bonds is 1. The van der Waals surface area contributed by atoms with Gasteiger partial charge in [0.2, 0.25) is 0 Å². The molecule has 0 unspecified atom stereocenters. The van der Waals surface area contributed by atoms with Crippen LogP contribution >= 0.6 is 11.6 Å². The van der Waals surface area contributed by atoms with Crippen molar-refractivity contribution in [1.29, 1.82) is 0 Å². The summed E-state index contributed by atoms with van der Waals surface area (Å²) in [6, 6.07) is 3.77. The molecule has 0 aliphatic rings. The molecule has 5 heteroatoms. The summed E-state index contributed by atoms with van der Waals surface area (Å²) in [5.74, 6) is -0.582. The van der Waals surface area contributed by atoms with Crippen LogP contribution in [-0.2, 0) is 0 Å². The van der Waals surface area contributed by atoms with Gasteiger partial charge in [-0.15, -0.1) is 0 Å². The van der Waals surface area contributed by atoms with Crippen LogP contribution in [0.1, 0.15) is 0 Å². The third kappa shape index (κ3) is 2.10. The van der Waals surface area contributed by atoms with Crippen LogP contribution < -0.4 is 11.5 Å². The van der Waals surface area contributed by atoms with Crippen LogP contribution in [0.25, 0.3) is 0 Å². The molecular weight excluding hydrogens is 181 g/mol. The summed E-state index contributed by atoms with van der Waals surface area (Å²) in [5, 5.41) is 0.310. The molecule has 0 radical (unpaired) electrons. The third-order valence-electron chi connectivity index (χ3n) is 1.16. The van der Waals surface area contributed by atoms with Gasteiger partial charge >= 0.3 is 0 Å². The minimum atomic E-state index is -0.431. The molecule has 1 rings (SSSR count). The lowest BCUT2D eigenvalue weighted by Gasteiger charge is -1.97. The lowest BCUT2D eigenvalue weighted by Crippen LogP contribution is -2.21. The Labute approximate surface area is 73.8 Å². The highest BCUT2D eigenvalue weighted by molar-refractivity contribution is 6.33. The molecule has 1 aromatic rings. The molecule has 0 amide bonds. The van der Waals surface area contributed by atoms with Crippen LogP contribution in [0.2, 0.25) is 5.02 Å². The van der Waals surface area contributed by atoms with Crippen molar-refractivity contribution in [2.24, 2.45) is 16.5 Å². The molecule has 0 spiro atoms. The van der Waals surface area contributed by atoms with E-state index in [1.165, 1.54) is 12.1 Å². The van der Waals surface area contributed by atoms with Crippen molar-refractivity contribution >= 4 is 23.2 Å². The fourth-order valence-electron chi connectivity index (χ4n) is 0.711. The number of aliphatic imine (C=N–C) groups is 1. The zero-order valence-corrected chi connectivity index (χ0v) is 6.85. The van der Waals surface area contributed by atoms with Crippen LogP contribution in [0.4, 0.5) is 10.1 Å². The van der Waals surface area contributed by atoms with Gasteiger partial charge in [-0.1, -0.05) is 11.6 Å². The van der Waals surface area contributed by atoms with Gasteiger partial charge < -0.3 is 11.5 Å². The smallest absolute Gasteiger partial charge is 0.191 e. The number of guanidine groups is 1. The Morgan fingerprint density at radius 3 is 2.67 bits per heavy atom. The maximum atomic E-state index is 12.6. The summed E-state index contributed by atoms with van der Waals surface area (Å²) in [7, 11) is 0. The first-order chi connectivity index (χ1) is 5.59. The highest BCUT2D eigenvalue weighted by atomic mass is 35.5. The number of benzene rings is 1. The molecule has 0 saturated carbocycles. The standard InChI is InChI=1S/C7H7ClFN3/c8-5-2-1-4(9)3-6(5)12-7(10)11/h1-3H,(H4,10,11,12). The summed E-state index contributed by atoms with van der Waals surface area (Å²) in [6.07, 6.45) is 0. The summed E-state index contributed by atoms with van der Waals surface area (Å²) >= 11 is 5.66. The lowest BCUT2D eigenvalue weighted by atomic mass is 10.3. The molecule has 0 atom stereocenters. The molecule has 0 bridgehead atoms. The van der Waals surface area contributed by atoms with E-state index in [-0.39, 0.29) is 11.6 Å². The molecule has 64 valence electrons. The second kappa shape index (κ2) is 3.40. The topological polar surface area (TPSA) is 64.4 Å². The quantitative estimate of drug-likeness (QED) is 0.516. The Morgan fingerprint density at radius 1 is 1.42 bits per heavy atom. The lowest BCUT2D eigenvalue weighted by molar-refractivity contribution is 0.628. The highest BCUT2D eigenvalue weighted by Gasteiger charge is 1.99. The van der Waals surface area contributed by atoms with Gasteiger partial charge in [0.15, 0.2) is 5.96 Å². The van der Waals surface area contributed by atoms with Crippen LogP contribution in [0.3, 0.4) is 0 Å². The molecule has 0 heterocycles. The van der Waals surface area contributed by atoms with E-state index in [0.29, 0.717) is 5.02 Å². The summed E-state index contributed by atoms with van der Waals surface area (Å²) in [4.78, 5) is 3.62. The number of nitrogens with two attached hydrogens (primary N) is 2. The largest absolute Gasteiger partial charge is 0.370 e.